The number of thiophene rings is 1. The Morgan fingerprint density at radius 1 is 1.31 bits per heavy atom. The highest BCUT2D eigenvalue weighted by Gasteiger charge is 2.08. The molecule has 8 heteroatoms. The number of benzene rings is 1. The van der Waals surface area contributed by atoms with Crippen LogP contribution in [0.5, 0.6) is 0 Å². The molecule has 0 spiro atoms. The second kappa shape index (κ2) is 11.6. The second-order valence-corrected chi connectivity index (χ2v) is 8.11. The van der Waals surface area contributed by atoms with Crippen molar-refractivity contribution >= 4 is 63.1 Å². The summed E-state index contributed by atoms with van der Waals surface area (Å²) in [4.78, 5) is 19.4. The van der Waals surface area contributed by atoms with Crippen LogP contribution in [0.2, 0.25) is 0 Å². The van der Waals surface area contributed by atoms with Crippen LogP contribution in [0.15, 0.2) is 45.2 Å². The molecule has 5 nitrogen and oxygen atoms in total. The molecule has 1 aromatic heterocycles. The first-order valence-electron chi connectivity index (χ1n) is 8.00. The van der Waals surface area contributed by atoms with Gasteiger partial charge in [0.1, 0.15) is 0 Å². The Labute approximate surface area is 184 Å². The van der Waals surface area contributed by atoms with Gasteiger partial charge in [-0.3, -0.25) is 9.79 Å². The normalized spacial score (nSPS) is 10.8. The first-order chi connectivity index (χ1) is 12.0. The first-order valence-corrected chi connectivity index (χ1v) is 9.61. The zero-order chi connectivity index (χ0) is 18.2. The Morgan fingerprint density at radius 2 is 2.08 bits per heavy atom. The lowest BCUT2D eigenvalue weighted by Gasteiger charge is -2.21. The van der Waals surface area contributed by atoms with Crippen LogP contribution in [-0.4, -0.2) is 44.5 Å². The molecular weight excluding hydrogens is 527 g/mol. The third-order valence-electron chi connectivity index (χ3n) is 3.71. The number of guanidine groups is 1. The molecule has 0 unspecified atom stereocenters. The lowest BCUT2D eigenvalue weighted by Crippen LogP contribution is -2.39. The Bertz CT molecular complexity index is 750. The van der Waals surface area contributed by atoms with Gasteiger partial charge in [0.25, 0.3) is 5.91 Å². The number of carbonyl (C=O) groups excluding carboxylic acids is 1. The zero-order valence-corrected chi connectivity index (χ0v) is 19.8. The quantitative estimate of drug-likeness (QED) is 0.327. The third kappa shape index (κ3) is 6.88. The van der Waals surface area contributed by atoms with Crippen LogP contribution in [0.25, 0.3) is 0 Å². The molecule has 0 fully saturated rings. The number of hydrogen-bond acceptors (Lipinski definition) is 3. The fourth-order valence-electron chi connectivity index (χ4n) is 2.46. The predicted octanol–water partition coefficient (Wildman–Crippen LogP) is 3.74. The molecule has 2 N–H and O–H groups in total. The maximum absolute atomic E-state index is 11.7. The molecule has 2 aromatic rings. The van der Waals surface area contributed by atoms with Crippen molar-refractivity contribution in [2.75, 3.05) is 27.7 Å². The summed E-state index contributed by atoms with van der Waals surface area (Å²) >= 11 is 5.22. The fraction of sp³-hybridized carbons (Fsp3) is 0.333. The average Bonchev–Trinajstić information content (AvgIpc) is 3.02. The van der Waals surface area contributed by atoms with Crippen LogP contribution >= 0.6 is 51.2 Å². The zero-order valence-electron chi connectivity index (χ0n) is 15.1. The molecule has 0 aliphatic carbocycles. The van der Waals surface area contributed by atoms with E-state index in [4.69, 9.17) is 0 Å². The van der Waals surface area contributed by atoms with Gasteiger partial charge in [0.15, 0.2) is 5.96 Å². The number of nitrogens with zero attached hydrogens (tertiary/aromatic N) is 2. The summed E-state index contributed by atoms with van der Waals surface area (Å²) in [6.45, 7) is 1.56. The molecule has 0 radical (unpaired) electrons. The van der Waals surface area contributed by atoms with E-state index >= 15 is 0 Å². The Kier molecular flexibility index (Phi) is 10.2. The van der Waals surface area contributed by atoms with Crippen molar-refractivity contribution < 1.29 is 4.79 Å². The van der Waals surface area contributed by atoms with Crippen LogP contribution < -0.4 is 10.6 Å². The van der Waals surface area contributed by atoms with E-state index in [1.165, 1.54) is 4.88 Å². The molecule has 1 aromatic carbocycles. The van der Waals surface area contributed by atoms with Crippen LogP contribution in [0.4, 0.5) is 0 Å². The number of nitrogens with one attached hydrogen (secondary N) is 2. The number of aliphatic imine (C=N–C) groups is 1. The van der Waals surface area contributed by atoms with Gasteiger partial charge in [-0.15, -0.1) is 35.3 Å². The third-order valence-corrected chi connectivity index (χ3v) is 5.32. The highest BCUT2D eigenvalue weighted by atomic mass is 127. The summed E-state index contributed by atoms with van der Waals surface area (Å²) < 4.78 is 1.13. The number of amides is 1. The van der Waals surface area contributed by atoms with Gasteiger partial charge in [0.2, 0.25) is 0 Å². The molecule has 0 aliphatic heterocycles. The van der Waals surface area contributed by atoms with Crippen LogP contribution in [0.3, 0.4) is 0 Å². The van der Waals surface area contributed by atoms with Gasteiger partial charge >= 0.3 is 0 Å². The Morgan fingerprint density at radius 3 is 2.69 bits per heavy atom. The lowest BCUT2D eigenvalue weighted by molar-refractivity contribution is 0.0963. The van der Waals surface area contributed by atoms with E-state index in [1.54, 1.807) is 25.4 Å². The monoisotopic (exact) mass is 550 g/mol. The Balaban J connectivity index is 0.00000338. The molecule has 142 valence electrons. The van der Waals surface area contributed by atoms with Gasteiger partial charge in [0, 0.05) is 38.1 Å². The molecule has 1 amide bonds. The SMILES string of the molecule is CN=C(NCCc1cccc(C(=O)NC)c1)N(C)Cc1ccc(Br)s1.I. The van der Waals surface area contributed by atoms with Gasteiger partial charge < -0.3 is 15.5 Å². The van der Waals surface area contributed by atoms with E-state index in [2.05, 4.69) is 48.6 Å². The molecule has 0 saturated heterocycles. The molecular formula is C18H24BrIN4OS. The maximum Gasteiger partial charge on any atom is 0.251 e. The molecule has 0 saturated carbocycles. The van der Waals surface area contributed by atoms with E-state index in [-0.39, 0.29) is 29.9 Å². The summed E-state index contributed by atoms with van der Waals surface area (Å²) in [6, 6.07) is 11.9. The number of halogens is 2. The molecule has 26 heavy (non-hydrogen) atoms. The highest BCUT2D eigenvalue weighted by molar-refractivity contribution is 14.0. The molecule has 0 bridgehead atoms. The minimum atomic E-state index is -0.0625. The number of hydrogen-bond donors (Lipinski definition) is 2. The van der Waals surface area contributed by atoms with Gasteiger partial charge in [0.05, 0.1) is 10.3 Å². The summed E-state index contributed by atoms with van der Waals surface area (Å²) in [5, 5.41) is 6.02. The maximum atomic E-state index is 11.7. The van der Waals surface area contributed by atoms with E-state index < -0.39 is 0 Å². The minimum absolute atomic E-state index is 0. The molecule has 1 heterocycles. The number of rotatable bonds is 6. The topological polar surface area (TPSA) is 56.7 Å². The van der Waals surface area contributed by atoms with Crippen molar-refractivity contribution in [3.8, 4) is 0 Å². The number of carbonyl (C=O) groups is 1. The smallest absolute Gasteiger partial charge is 0.251 e. The fourth-order valence-corrected chi connectivity index (χ4v) is 4.00. The van der Waals surface area contributed by atoms with Crippen molar-refractivity contribution in [1.82, 2.24) is 15.5 Å². The van der Waals surface area contributed by atoms with Gasteiger partial charge in [-0.25, -0.2) is 0 Å². The predicted molar refractivity (Wildman–Crippen MR) is 124 cm³/mol. The molecule has 0 atom stereocenters. The van der Waals surface area contributed by atoms with Crippen molar-refractivity contribution in [2.24, 2.45) is 4.99 Å². The van der Waals surface area contributed by atoms with Crippen molar-refractivity contribution in [3.63, 3.8) is 0 Å². The van der Waals surface area contributed by atoms with E-state index in [0.29, 0.717) is 5.56 Å². The first kappa shape index (κ1) is 22.9. The standard InChI is InChI=1S/C18H23BrN4OS.HI/c1-20-17(24)14-6-4-5-13(11-14)9-10-22-18(21-2)23(3)12-15-7-8-16(19)25-15;/h4-8,11H,9-10,12H2,1-3H3,(H,20,24)(H,21,22);1H. The van der Waals surface area contributed by atoms with E-state index in [1.807, 2.05) is 31.3 Å². The van der Waals surface area contributed by atoms with Crippen LogP contribution in [0.1, 0.15) is 20.8 Å². The average molecular weight is 551 g/mol. The summed E-state index contributed by atoms with van der Waals surface area (Å²) in [5.41, 5.74) is 1.80. The Hall–Kier alpha value is -1.13. The highest BCUT2D eigenvalue weighted by Crippen LogP contribution is 2.22. The van der Waals surface area contributed by atoms with Crippen LogP contribution in [0, 0.1) is 0 Å². The van der Waals surface area contributed by atoms with Crippen molar-refractivity contribution in [2.45, 2.75) is 13.0 Å². The lowest BCUT2D eigenvalue weighted by atomic mass is 10.1. The van der Waals surface area contributed by atoms with Gasteiger partial charge in [-0.05, 0) is 52.2 Å². The van der Waals surface area contributed by atoms with Gasteiger partial charge in [-0.2, -0.15) is 0 Å². The molecule has 2 rings (SSSR count). The summed E-state index contributed by atoms with van der Waals surface area (Å²) in [6.07, 6.45) is 0.822. The van der Waals surface area contributed by atoms with Crippen molar-refractivity contribution in [3.05, 3.63) is 56.2 Å². The van der Waals surface area contributed by atoms with E-state index in [9.17, 15) is 4.79 Å². The summed E-state index contributed by atoms with van der Waals surface area (Å²) in [7, 11) is 5.45. The van der Waals surface area contributed by atoms with Crippen LogP contribution in [-0.2, 0) is 13.0 Å². The largest absolute Gasteiger partial charge is 0.356 e. The molecule has 0 aliphatic rings. The van der Waals surface area contributed by atoms with E-state index in [0.717, 1.165) is 34.8 Å². The second-order valence-electron chi connectivity index (χ2n) is 5.57. The minimum Gasteiger partial charge on any atom is -0.356 e. The van der Waals surface area contributed by atoms with Crippen molar-refractivity contribution in [1.29, 1.82) is 0 Å². The van der Waals surface area contributed by atoms with Gasteiger partial charge in [-0.1, -0.05) is 12.1 Å². The summed E-state index contributed by atoms with van der Waals surface area (Å²) in [5.74, 6) is 0.791.